The first kappa shape index (κ1) is 8.30. The summed E-state index contributed by atoms with van der Waals surface area (Å²) < 4.78 is 21.3. The molecule has 0 aromatic rings. The fourth-order valence-electron chi connectivity index (χ4n) is 1.23. The van der Waals surface area contributed by atoms with E-state index in [0.717, 1.165) is 6.42 Å². The van der Waals surface area contributed by atoms with Crippen LogP contribution in [-0.4, -0.2) is 24.9 Å². The maximum Gasteiger partial charge on any atom is 0.238 e. The Kier molecular flexibility index (Phi) is 2.22. The van der Waals surface area contributed by atoms with Gasteiger partial charge in [-0.25, -0.2) is 8.42 Å². The molecule has 1 aliphatic rings. The molecule has 1 rings (SSSR count). The molecule has 2 atom stereocenters. The Balaban J connectivity index is 2.74. The normalized spacial score (nSPS) is 34.6. The van der Waals surface area contributed by atoms with E-state index in [0.29, 0.717) is 12.8 Å². The summed E-state index contributed by atoms with van der Waals surface area (Å²) in [6.07, 6.45) is 1.05. The molecule has 60 valence electrons. The molecule has 1 aliphatic carbocycles. The molecule has 0 spiro atoms. The van der Waals surface area contributed by atoms with Crippen LogP contribution in [0.1, 0.15) is 19.3 Å². The molecule has 1 fully saturated rings. The van der Waals surface area contributed by atoms with E-state index in [4.69, 9.17) is 15.8 Å². The van der Waals surface area contributed by atoms with Crippen molar-refractivity contribution in [3.8, 4) is 0 Å². The smallest absolute Gasteiger partial charge is 0.238 e. The van der Waals surface area contributed by atoms with Gasteiger partial charge in [-0.3, -0.25) is 0 Å². The fraction of sp³-hybridized carbons (Fsp3) is 1.00. The Morgan fingerprint density at radius 3 is 2.20 bits per heavy atom. The average Bonchev–Trinajstić information content (AvgIpc) is 2.11. The lowest BCUT2D eigenvalue weighted by Crippen LogP contribution is -2.25. The first-order valence-electron chi connectivity index (χ1n) is 3.13. The molecular weight excluding hydrogens is 176 g/mol. The molecule has 0 aromatic carbocycles. The van der Waals surface area contributed by atoms with Gasteiger partial charge in [0.05, 0.1) is 6.10 Å². The van der Waals surface area contributed by atoms with Crippen molar-refractivity contribution in [1.29, 1.82) is 0 Å². The predicted octanol–water partition coefficient (Wildman–Crippen LogP) is 0.468. The minimum absolute atomic E-state index is 0.493. The minimum atomic E-state index is -3.53. The summed E-state index contributed by atoms with van der Waals surface area (Å²) in [5, 5.41) is 8.33. The highest BCUT2D eigenvalue weighted by atomic mass is 35.7. The van der Waals surface area contributed by atoms with Gasteiger partial charge in [0.25, 0.3) is 0 Å². The second-order valence-electron chi connectivity index (χ2n) is 2.51. The molecule has 10 heavy (non-hydrogen) atoms. The Bertz CT molecular complexity index is 211. The predicted molar refractivity (Wildman–Crippen MR) is 38.4 cm³/mol. The van der Waals surface area contributed by atoms with Crippen LogP contribution in [0.15, 0.2) is 0 Å². The third kappa shape index (κ3) is 1.62. The maximum atomic E-state index is 10.6. The summed E-state index contributed by atoms with van der Waals surface area (Å²) in [4.78, 5) is 0. The second kappa shape index (κ2) is 2.68. The van der Waals surface area contributed by atoms with Gasteiger partial charge < -0.3 is 5.11 Å². The van der Waals surface area contributed by atoms with Gasteiger partial charge >= 0.3 is 0 Å². The SMILES string of the molecule is O=S(=O)(Cl)[C@@H]1CCC[C@@H]1O. The largest absolute Gasteiger partial charge is 0.392 e. The second-order valence-corrected chi connectivity index (χ2v) is 5.36. The molecular formula is C5H9ClO3S. The van der Waals surface area contributed by atoms with Gasteiger partial charge in [0.2, 0.25) is 9.05 Å². The van der Waals surface area contributed by atoms with Crippen LogP contribution in [0.4, 0.5) is 0 Å². The number of aliphatic hydroxyl groups excluding tert-OH is 1. The van der Waals surface area contributed by atoms with E-state index in [1.165, 1.54) is 0 Å². The fourth-order valence-corrected chi connectivity index (χ4v) is 2.82. The lowest BCUT2D eigenvalue weighted by Gasteiger charge is -2.08. The maximum absolute atomic E-state index is 10.6. The Morgan fingerprint density at radius 1 is 1.40 bits per heavy atom. The van der Waals surface area contributed by atoms with Crippen LogP contribution in [0.3, 0.4) is 0 Å². The topological polar surface area (TPSA) is 54.4 Å². The van der Waals surface area contributed by atoms with E-state index in [-0.39, 0.29) is 0 Å². The molecule has 0 radical (unpaired) electrons. The summed E-state index contributed by atoms with van der Waals surface area (Å²) >= 11 is 0. The van der Waals surface area contributed by atoms with Crippen molar-refractivity contribution in [2.75, 3.05) is 0 Å². The molecule has 0 amide bonds. The number of hydrogen-bond acceptors (Lipinski definition) is 3. The highest BCUT2D eigenvalue weighted by molar-refractivity contribution is 8.14. The highest BCUT2D eigenvalue weighted by Gasteiger charge is 2.34. The molecule has 5 heteroatoms. The monoisotopic (exact) mass is 184 g/mol. The van der Waals surface area contributed by atoms with Crippen molar-refractivity contribution >= 4 is 19.7 Å². The number of halogens is 1. The lowest BCUT2D eigenvalue weighted by atomic mass is 10.3. The molecule has 0 unspecified atom stereocenters. The van der Waals surface area contributed by atoms with Crippen LogP contribution in [0.2, 0.25) is 0 Å². The molecule has 0 heterocycles. The molecule has 1 N–H and O–H groups in total. The van der Waals surface area contributed by atoms with E-state index in [1.807, 2.05) is 0 Å². The van der Waals surface area contributed by atoms with E-state index in [2.05, 4.69) is 0 Å². The van der Waals surface area contributed by atoms with Crippen molar-refractivity contribution in [1.82, 2.24) is 0 Å². The zero-order chi connectivity index (χ0) is 7.78. The lowest BCUT2D eigenvalue weighted by molar-refractivity contribution is 0.185. The van der Waals surface area contributed by atoms with Gasteiger partial charge in [-0.2, -0.15) is 0 Å². The van der Waals surface area contributed by atoms with Gasteiger partial charge in [-0.15, -0.1) is 0 Å². The van der Waals surface area contributed by atoms with Crippen LogP contribution >= 0.6 is 10.7 Å². The number of rotatable bonds is 1. The summed E-state index contributed by atoms with van der Waals surface area (Å²) in [5.74, 6) is 0. The van der Waals surface area contributed by atoms with Crippen molar-refractivity contribution in [3.63, 3.8) is 0 Å². The Labute approximate surface area is 64.4 Å². The van der Waals surface area contributed by atoms with Crippen LogP contribution in [0.25, 0.3) is 0 Å². The molecule has 0 aliphatic heterocycles. The van der Waals surface area contributed by atoms with Crippen molar-refractivity contribution in [3.05, 3.63) is 0 Å². The molecule has 1 saturated carbocycles. The number of hydrogen-bond donors (Lipinski definition) is 1. The Hall–Kier alpha value is 0.200. The van der Waals surface area contributed by atoms with Crippen molar-refractivity contribution in [2.24, 2.45) is 0 Å². The Morgan fingerprint density at radius 2 is 2.00 bits per heavy atom. The van der Waals surface area contributed by atoms with Gasteiger partial charge in [0.15, 0.2) is 0 Å². The van der Waals surface area contributed by atoms with Crippen LogP contribution in [0, 0.1) is 0 Å². The number of aliphatic hydroxyl groups is 1. The van der Waals surface area contributed by atoms with Crippen molar-refractivity contribution in [2.45, 2.75) is 30.6 Å². The molecule has 0 aromatic heterocycles. The van der Waals surface area contributed by atoms with E-state index >= 15 is 0 Å². The van der Waals surface area contributed by atoms with E-state index in [1.54, 1.807) is 0 Å². The summed E-state index contributed by atoms with van der Waals surface area (Å²) in [5.41, 5.74) is 0. The quantitative estimate of drug-likeness (QED) is 0.603. The third-order valence-electron chi connectivity index (χ3n) is 1.78. The van der Waals surface area contributed by atoms with Gasteiger partial charge in [0.1, 0.15) is 5.25 Å². The molecule has 0 saturated heterocycles. The molecule has 3 nitrogen and oxygen atoms in total. The summed E-state index contributed by atoms with van der Waals surface area (Å²) in [6, 6.07) is 0. The van der Waals surface area contributed by atoms with E-state index in [9.17, 15) is 8.42 Å². The average molecular weight is 185 g/mol. The molecule has 0 bridgehead atoms. The minimum Gasteiger partial charge on any atom is -0.392 e. The van der Waals surface area contributed by atoms with Crippen molar-refractivity contribution < 1.29 is 13.5 Å². The standard InChI is InChI=1S/C5H9ClO3S/c6-10(8,9)5-3-1-2-4(5)7/h4-5,7H,1-3H2/t4-,5+/m0/s1. The van der Waals surface area contributed by atoms with Gasteiger partial charge in [-0.05, 0) is 19.3 Å². The van der Waals surface area contributed by atoms with Crippen LogP contribution in [0.5, 0.6) is 0 Å². The highest BCUT2D eigenvalue weighted by Crippen LogP contribution is 2.27. The van der Waals surface area contributed by atoms with Crippen LogP contribution in [-0.2, 0) is 9.05 Å². The van der Waals surface area contributed by atoms with Gasteiger partial charge in [-0.1, -0.05) is 0 Å². The zero-order valence-corrected chi connectivity index (χ0v) is 6.90. The van der Waals surface area contributed by atoms with E-state index < -0.39 is 20.4 Å². The van der Waals surface area contributed by atoms with Gasteiger partial charge in [0, 0.05) is 10.7 Å². The third-order valence-corrected chi connectivity index (χ3v) is 3.74. The van der Waals surface area contributed by atoms with Crippen LogP contribution < -0.4 is 0 Å². The first-order chi connectivity index (χ1) is 4.52. The first-order valence-corrected chi connectivity index (χ1v) is 5.50. The summed E-state index contributed by atoms with van der Waals surface area (Å²) in [6.45, 7) is 0. The summed E-state index contributed by atoms with van der Waals surface area (Å²) in [7, 11) is 1.52. The zero-order valence-electron chi connectivity index (χ0n) is 5.33.